The quantitative estimate of drug-likeness (QED) is 0.325. The van der Waals surface area contributed by atoms with Crippen LogP contribution in [0.15, 0.2) is 29.5 Å². The monoisotopic (exact) mass is 447 g/mol. The molecule has 7 heteroatoms. The largest absolute Gasteiger partial charge is 0.354 e. The summed E-state index contributed by atoms with van der Waals surface area (Å²) in [5, 5.41) is 9.11. The summed E-state index contributed by atoms with van der Waals surface area (Å²) in [6.07, 6.45) is 6.78. The van der Waals surface area contributed by atoms with Gasteiger partial charge in [-0.05, 0) is 31.4 Å². The number of guanidine groups is 1. The maximum Gasteiger partial charge on any atom is 0.243 e. The van der Waals surface area contributed by atoms with Gasteiger partial charge in [0, 0.05) is 19.3 Å². The maximum absolute atomic E-state index is 11.9. The molecule has 0 saturated heterocycles. The van der Waals surface area contributed by atoms with Crippen LogP contribution in [-0.4, -0.2) is 36.5 Å². The Kier molecular flexibility index (Phi) is 12.2. The number of hydrogen-bond donors (Lipinski definition) is 3. The predicted octanol–water partition coefficient (Wildman–Crippen LogP) is 3.02. The maximum atomic E-state index is 11.9. The standard InChI is InChI=1S/C17H29N5O.HI/c1-13(2)7-5-8-14(3)21-17(18-4)20-12-16(23)22-15-9-6-10-19-11-15;/h6,9-11,13-14H,5,7-8,12H2,1-4H3,(H,22,23)(H2,18,20,21);1H. The zero-order chi connectivity index (χ0) is 17.1. The van der Waals surface area contributed by atoms with E-state index in [2.05, 4.69) is 46.7 Å². The van der Waals surface area contributed by atoms with Gasteiger partial charge in [0.15, 0.2) is 5.96 Å². The molecule has 0 aliphatic carbocycles. The van der Waals surface area contributed by atoms with E-state index < -0.39 is 0 Å². The normalized spacial score (nSPS) is 12.3. The van der Waals surface area contributed by atoms with Crippen LogP contribution in [0.2, 0.25) is 0 Å². The van der Waals surface area contributed by atoms with E-state index in [-0.39, 0.29) is 36.4 Å². The summed E-state index contributed by atoms with van der Waals surface area (Å²) in [6.45, 7) is 6.76. The number of hydrogen-bond acceptors (Lipinski definition) is 3. The summed E-state index contributed by atoms with van der Waals surface area (Å²) in [5.74, 6) is 1.24. The van der Waals surface area contributed by atoms with Gasteiger partial charge in [-0.15, -0.1) is 24.0 Å². The lowest BCUT2D eigenvalue weighted by Gasteiger charge is -2.18. The number of carbonyl (C=O) groups excluding carboxylic acids is 1. The zero-order valence-electron chi connectivity index (χ0n) is 15.0. The molecule has 1 atom stereocenters. The Labute approximate surface area is 162 Å². The molecule has 0 spiro atoms. The Morgan fingerprint density at radius 1 is 1.29 bits per heavy atom. The second-order valence-corrected chi connectivity index (χ2v) is 6.09. The number of anilines is 1. The Balaban J connectivity index is 0.00000529. The van der Waals surface area contributed by atoms with Crippen LogP contribution in [0.25, 0.3) is 0 Å². The summed E-state index contributed by atoms with van der Waals surface area (Å²) in [4.78, 5) is 20.0. The van der Waals surface area contributed by atoms with Crippen molar-refractivity contribution in [3.63, 3.8) is 0 Å². The van der Waals surface area contributed by atoms with E-state index in [0.29, 0.717) is 17.7 Å². The SMILES string of the molecule is CN=C(NCC(=O)Nc1cccnc1)NC(C)CCCC(C)C.I. The Hall–Kier alpha value is -1.38. The molecule has 0 aliphatic heterocycles. The topological polar surface area (TPSA) is 78.4 Å². The summed E-state index contributed by atoms with van der Waals surface area (Å²) < 4.78 is 0. The molecule has 1 rings (SSSR count). The minimum Gasteiger partial charge on any atom is -0.354 e. The Bertz CT molecular complexity index is 493. The number of carbonyl (C=O) groups is 1. The second-order valence-electron chi connectivity index (χ2n) is 6.09. The molecule has 0 saturated carbocycles. The minimum atomic E-state index is -0.131. The first-order chi connectivity index (χ1) is 11.0. The number of aliphatic imine (C=N–C) groups is 1. The van der Waals surface area contributed by atoms with Crippen molar-refractivity contribution >= 4 is 41.5 Å². The fourth-order valence-electron chi connectivity index (χ4n) is 2.14. The van der Waals surface area contributed by atoms with Crippen molar-refractivity contribution in [2.24, 2.45) is 10.9 Å². The lowest BCUT2D eigenvalue weighted by molar-refractivity contribution is -0.115. The zero-order valence-corrected chi connectivity index (χ0v) is 17.3. The average Bonchev–Trinajstić information content (AvgIpc) is 2.52. The molecule has 1 unspecified atom stereocenters. The second kappa shape index (κ2) is 13.0. The van der Waals surface area contributed by atoms with Gasteiger partial charge >= 0.3 is 0 Å². The molecule has 0 aliphatic rings. The molecule has 136 valence electrons. The van der Waals surface area contributed by atoms with Crippen molar-refractivity contribution in [3.05, 3.63) is 24.5 Å². The highest BCUT2D eigenvalue weighted by atomic mass is 127. The molecule has 0 radical (unpaired) electrons. The van der Waals surface area contributed by atoms with Crippen LogP contribution in [-0.2, 0) is 4.79 Å². The van der Waals surface area contributed by atoms with E-state index in [9.17, 15) is 4.79 Å². The molecule has 0 fully saturated rings. The van der Waals surface area contributed by atoms with Gasteiger partial charge in [-0.1, -0.05) is 26.7 Å². The number of halogens is 1. The van der Waals surface area contributed by atoms with Crippen LogP contribution in [0.3, 0.4) is 0 Å². The van der Waals surface area contributed by atoms with Crippen LogP contribution in [0.4, 0.5) is 5.69 Å². The number of rotatable bonds is 8. The van der Waals surface area contributed by atoms with Gasteiger partial charge in [-0.3, -0.25) is 14.8 Å². The van der Waals surface area contributed by atoms with Gasteiger partial charge in [0.05, 0.1) is 18.4 Å². The molecular formula is C17H30IN5O. The number of nitrogens with zero attached hydrogens (tertiary/aromatic N) is 2. The summed E-state index contributed by atoms with van der Waals surface area (Å²) >= 11 is 0. The fraction of sp³-hybridized carbons (Fsp3) is 0.588. The van der Waals surface area contributed by atoms with E-state index in [0.717, 1.165) is 12.3 Å². The van der Waals surface area contributed by atoms with Crippen molar-refractivity contribution in [1.29, 1.82) is 0 Å². The molecular weight excluding hydrogens is 417 g/mol. The van der Waals surface area contributed by atoms with Crippen LogP contribution in [0, 0.1) is 5.92 Å². The van der Waals surface area contributed by atoms with Gasteiger partial charge in [-0.2, -0.15) is 0 Å². The molecule has 0 bridgehead atoms. The number of pyridine rings is 1. The van der Waals surface area contributed by atoms with E-state index in [1.165, 1.54) is 12.8 Å². The van der Waals surface area contributed by atoms with E-state index in [1.54, 1.807) is 31.6 Å². The summed E-state index contributed by atoms with van der Waals surface area (Å²) in [7, 11) is 1.70. The lowest BCUT2D eigenvalue weighted by atomic mass is 10.0. The van der Waals surface area contributed by atoms with Gasteiger partial charge in [0.25, 0.3) is 0 Å². The molecule has 6 nitrogen and oxygen atoms in total. The minimum absolute atomic E-state index is 0. The summed E-state index contributed by atoms with van der Waals surface area (Å²) in [6, 6.07) is 3.90. The van der Waals surface area contributed by atoms with Crippen molar-refractivity contribution in [1.82, 2.24) is 15.6 Å². The molecule has 3 N–H and O–H groups in total. The third kappa shape index (κ3) is 10.4. The summed E-state index contributed by atoms with van der Waals surface area (Å²) in [5.41, 5.74) is 0.685. The fourth-order valence-corrected chi connectivity index (χ4v) is 2.14. The predicted molar refractivity (Wildman–Crippen MR) is 111 cm³/mol. The van der Waals surface area contributed by atoms with Crippen molar-refractivity contribution in [2.75, 3.05) is 18.9 Å². The van der Waals surface area contributed by atoms with Crippen molar-refractivity contribution in [3.8, 4) is 0 Å². The molecule has 1 amide bonds. The lowest BCUT2D eigenvalue weighted by Crippen LogP contribution is -2.44. The number of nitrogens with one attached hydrogen (secondary N) is 3. The smallest absolute Gasteiger partial charge is 0.243 e. The van der Waals surface area contributed by atoms with Gasteiger partial charge in [0.1, 0.15) is 0 Å². The Morgan fingerprint density at radius 2 is 2.04 bits per heavy atom. The number of amides is 1. The Morgan fingerprint density at radius 3 is 2.62 bits per heavy atom. The molecule has 1 aromatic heterocycles. The van der Waals surface area contributed by atoms with Gasteiger partial charge < -0.3 is 16.0 Å². The van der Waals surface area contributed by atoms with Crippen LogP contribution >= 0.6 is 24.0 Å². The molecule has 0 aromatic carbocycles. The van der Waals surface area contributed by atoms with E-state index in [1.807, 2.05) is 0 Å². The average molecular weight is 447 g/mol. The van der Waals surface area contributed by atoms with Gasteiger partial charge in [0.2, 0.25) is 5.91 Å². The first-order valence-electron chi connectivity index (χ1n) is 8.18. The number of aromatic nitrogens is 1. The van der Waals surface area contributed by atoms with Crippen molar-refractivity contribution < 1.29 is 4.79 Å². The van der Waals surface area contributed by atoms with E-state index >= 15 is 0 Å². The third-order valence-electron chi connectivity index (χ3n) is 3.39. The highest BCUT2D eigenvalue weighted by Crippen LogP contribution is 2.08. The van der Waals surface area contributed by atoms with Crippen molar-refractivity contribution in [2.45, 2.75) is 46.1 Å². The first kappa shape index (κ1) is 22.6. The van der Waals surface area contributed by atoms with E-state index in [4.69, 9.17) is 0 Å². The van der Waals surface area contributed by atoms with Crippen LogP contribution in [0.1, 0.15) is 40.0 Å². The highest BCUT2D eigenvalue weighted by Gasteiger charge is 2.08. The van der Waals surface area contributed by atoms with Crippen LogP contribution < -0.4 is 16.0 Å². The molecule has 1 aromatic rings. The molecule has 1 heterocycles. The first-order valence-corrected chi connectivity index (χ1v) is 8.18. The highest BCUT2D eigenvalue weighted by molar-refractivity contribution is 14.0. The van der Waals surface area contributed by atoms with Crippen LogP contribution in [0.5, 0.6) is 0 Å². The van der Waals surface area contributed by atoms with Gasteiger partial charge in [-0.25, -0.2) is 0 Å². The molecule has 24 heavy (non-hydrogen) atoms. The third-order valence-corrected chi connectivity index (χ3v) is 3.39.